The van der Waals surface area contributed by atoms with Crippen LogP contribution in [0.4, 0.5) is 5.82 Å². The van der Waals surface area contributed by atoms with E-state index in [0.29, 0.717) is 35.3 Å². The van der Waals surface area contributed by atoms with E-state index in [4.69, 9.17) is 10.7 Å². The Morgan fingerprint density at radius 3 is 2.64 bits per heavy atom. The Labute approximate surface area is 160 Å². The number of aryl methyl sites for hydroxylation is 1. The molecule has 142 valence electrons. The van der Waals surface area contributed by atoms with E-state index < -0.39 is 0 Å². The zero-order valence-electron chi connectivity index (χ0n) is 15.6. The van der Waals surface area contributed by atoms with Crippen molar-refractivity contribution in [2.24, 2.45) is 0 Å². The smallest absolute Gasteiger partial charge is 0.328 e. The third-order valence-electron chi connectivity index (χ3n) is 5.17. The highest BCUT2D eigenvalue weighted by Gasteiger charge is 2.29. The first-order valence-electron chi connectivity index (χ1n) is 9.53. The first-order valence-corrected chi connectivity index (χ1v) is 9.53. The van der Waals surface area contributed by atoms with Crippen molar-refractivity contribution in [3.63, 3.8) is 0 Å². The van der Waals surface area contributed by atoms with Gasteiger partial charge in [-0.05, 0) is 24.8 Å². The van der Waals surface area contributed by atoms with Gasteiger partial charge in [0.05, 0.1) is 12.2 Å². The Balaban J connectivity index is 1.63. The van der Waals surface area contributed by atoms with Gasteiger partial charge >= 0.3 is 5.69 Å². The first-order chi connectivity index (χ1) is 13.6. The molecule has 4 aromatic rings. The van der Waals surface area contributed by atoms with Crippen LogP contribution in [0.5, 0.6) is 0 Å². The zero-order valence-corrected chi connectivity index (χ0v) is 15.6. The van der Waals surface area contributed by atoms with Crippen molar-refractivity contribution >= 4 is 17.0 Å². The molecule has 1 aliphatic carbocycles. The number of hydrogen-bond donors (Lipinski definition) is 3. The molecule has 1 aliphatic rings. The van der Waals surface area contributed by atoms with Crippen LogP contribution >= 0.6 is 0 Å². The van der Waals surface area contributed by atoms with E-state index in [2.05, 4.69) is 26.9 Å². The van der Waals surface area contributed by atoms with Crippen LogP contribution < -0.4 is 11.4 Å². The number of imidazole rings is 2. The minimum Gasteiger partial charge on any atom is -0.382 e. The highest BCUT2D eigenvalue weighted by Crippen LogP contribution is 2.41. The fourth-order valence-electron chi connectivity index (χ4n) is 3.56. The van der Waals surface area contributed by atoms with Crippen LogP contribution in [0.25, 0.3) is 22.8 Å². The summed E-state index contributed by atoms with van der Waals surface area (Å²) in [5, 5.41) is 0. The molecule has 0 saturated heterocycles. The topological polar surface area (TPSA) is 118 Å². The molecule has 1 aromatic carbocycles. The summed E-state index contributed by atoms with van der Waals surface area (Å²) in [6.45, 7) is 2.51. The number of nitrogens with one attached hydrogen (secondary N) is 2. The Morgan fingerprint density at radius 1 is 1.14 bits per heavy atom. The second-order valence-corrected chi connectivity index (χ2v) is 7.21. The lowest BCUT2D eigenvalue weighted by Gasteiger charge is -2.05. The van der Waals surface area contributed by atoms with E-state index in [1.165, 1.54) is 12.8 Å². The molecule has 1 saturated carbocycles. The SMILES string of the molecule is CCc1[nH]c(-c2nc(N)c3[nH]c(=O)n(Cc4ccccc4)c3n2)nc1C1CC1. The van der Waals surface area contributed by atoms with Gasteiger partial charge in [-0.25, -0.2) is 19.7 Å². The second kappa shape index (κ2) is 6.33. The van der Waals surface area contributed by atoms with Gasteiger partial charge in [-0.1, -0.05) is 37.3 Å². The van der Waals surface area contributed by atoms with Crippen molar-refractivity contribution < 1.29 is 0 Å². The summed E-state index contributed by atoms with van der Waals surface area (Å²) in [6, 6.07) is 9.77. The van der Waals surface area contributed by atoms with Crippen LogP contribution in [0.1, 0.15) is 42.6 Å². The van der Waals surface area contributed by atoms with Gasteiger partial charge < -0.3 is 15.7 Å². The number of aromatic amines is 2. The fraction of sp³-hybridized carbons (Fsp3) is 0.300. The second-order valence-electron chi connectivity index (χ2n) is 7.21. The Hall–Kier alpha value is -3.42. The lowest BCUT2D eigenvalue weighted by atomic mass is 10.2. The minimum atomic E-state index is -0.260. The van der Waals surface area contributed by atoms with Crippen molar-refractivity contribution in [3.8, 4) is 11.6 Å². The molecule has 0 radical (unpaired) electrons. The van der Waals surface area contributed by atoms with Crippen LogP contribution in [0.2, 0.25) is 0 Å². The average Bonchev–Trinajstić information content (AvgIpc) is 3.38. The molecule has 0 unspecified atom stereocenters. The number of aromatic nitrogens is 6. The number of benzene rings is 1. The van der Waals surface area contributed by atoms with Gasteiger partial charge in [0, 0.05) is 11.6 Å². The van der Waals surface area contributed by atoms with Crippen LogP contribution in [0.15, 0.2) is 35.1 Å². The predicted molar refractivity (Wildman–Crippen MR) is 107 cm³/mol. The fourth-order valence-corrected chi connectivity index (χ4v) is 3.56. The number of nitrogen functional groups attached to an aromatic ring is 1. The maximum Gasteiger partial charge on any atom is 0.328 e. The molecule has 5 rings (SSSR count). The molecule has 0 spiro atoms. The van der Waals surface area contributed by atoms with E-state index >= 15 is 0 Å². The largest absolute Gasteiger partial charge is 0.382 e. The maximum atomic E-state index is 12.5. The Bertz CT molecular complexity index is 1210. The van der Waals surface area contributed by atoms with Crippen LogP contribution in [-0.4, -0.2) is 29.5 Å². The van der Waals surface area contributed by atoms with Crippen LogP contribution in [-0.2, 0) is 13.0 Å². The van der Waals surface area contributed by atoms with Crippen LogP contribution in [0, 0.1) is 0 Å². The number of rotatable bonds is 5. The quantitative estimate of drug-likeness (QED) is 0.495. The third-order valence-corrected chi connectivity index (χ3v) is 5.17. The number of hydrogen-bond acceptors (Lipinski definition) is 5. The van der Waals surface area contributed by atoms with E-state index in [1.807, 2.05) is 30.3 Å². The number of nitrogens with zero attached hydrogens (tertiary/aromatic N) is 4. The third kappa shape index (κ3) is 2.77. The normalized spacial score (nSPS) is 14.0. The molecule has 4 N–H and O–H groups in total. The average molecular weight is 375 g/mol. The Kier molecular flexibility index (Phi) is 3.78. The summed E-state index contributed by atoms with van der Waals surface area (Å²) >= 11 is 0. The number of anilines is 1. The predicted octanol–water partition coefficient (Wildman–Crippen LogP) is 2.58. The van der Waals surface area contributed by atoms with Gasteiger partial charge in [0.2, 0.25) is 0 Å². The maximum absolute atomic E-state index is 12.5. The van der Waals surface area contributed by atoms with E-state index in [0.717, 1.165) is 23.4 Å². The molecule has 8 nitrogen and oxygen atoms in total. The molecule has 8 heteroatoms. The van der Waals surface area contributed by atoms with Gasteiger partial charge in [-0.2, -0.15) is 0 Å². The summed E-state index contributed by atoms with van der Waals surface area (Å²) in [5.74, 6) is 1.79. The highest BCUT2D eigenvalue weighted by molar-refractivity contribution is 5.83. The van der Waals surface area contributed by atoms with Gasteiger partial charge in [0.25, 0.3) is 0 Å². The van der Waals surface area contributed by atoms with Crippen molar-refractivity contribution in [1.82, 2.24) is 29.5 Å². The first kappa shape index (κ1) is 16.7. The molecular weight excluding hydrogens is 354 g/mol. The molecule has 0 bridgehead atoms. The lowest BCUT2D eigenvalue weighted by Crippen LogP contribution is -2.17. The zero-order chi connectivity index (χ0) is 19.3. The summed E-state index contributed by atoms with van der Waals surface area (Å²) in [5.41, 5.74) is 10.1. The number of fused-ring (bicyclic) bond motifs is 1. The number of H-pyrrole nitrogens is 2. The molecule has 3 heterocycles. The van der Waals surface area contributed by atoms with Crippen molar-refractivity contribution in [1.29, 1.82) is 0 Å². The standard InChI is InChI=1S/C20H21N7O/c1-2-13-14(12-8-9-12)23-17(22-13)18-25-16(21)15-19(26-18)27(20(28)24-15)10-11-6-4-3-5-7-11/h3-7,12H,2,8-10H2,1H3,(H,22,23)(H,24,28)(H2,21,25,26). The molecule has 28 heavy (non-hydrogen) atoms. The monoisotopic (exact) mass is 375 g/mol. The molecule has 1 fully saturated rings. The summed E-state index contributed by atoms with van der Waals surface area (Å²) in [6.07, 6.45) is 3.22. The van der Waals surface area contributed by atoms with Gasteiger partial charge in [-0.3, -0.25) is 4.57 Å². The molecule has 0 aliphatic heterocycles. The summed E-state index contributed by atoms with van der Waals surface area (Å²) in [4.78, 5) is 32.4. The number of nitrogens with two attached hydrogens (primary N) is 1. The summed E-state index contributed by atoms with van der Waals surface area (Å²) < 4.78 is 1.58. The Morgan fingerprint density at radius 2 is 1.93 bits per heavy atom. The minimum absolute atomic E-state index is 0.242. The highest BCUT2D eigenvalue weighted by atomic mass is 16.1. The van der Waals surface area contributed by atoms with Gasteiger partial charge in [0.1, 0.15) is 5.52 Å². The van der Waals surface area contributed by atoms with E-state index in [1.54, 1.807) is 4.57 Å². The molecular formula is C20H21N7O. The molecule has 0 amide bonds. The van der Waals surface area contributed by atoms with Crippen molar-refractivity contribution in [2.75, 3.05) is 5.73 Å². The lowest BCUT2D eigenvalue weighted by molar-refractivity contribution is 0.777. The van der Waals surface area contributed by atoms with Crippen LogP contribution in [0.3, 0.4) is 0 Å². The molecule has 3 aromatic heterocycles. The van der Waals surface area contributed by atoms with Crippen molar-refractivity contribution in [2.45, 2.75) is 38.6 Å². The van der Waals surface area contributed by atoms with Crippen molar-refractivity contribution in [3.05, 3.63) is 57.8 Å². The van der Waals surface area contributed by atoms with Gasteiger partial charge in [-0.15, -0.1) is 0 Å². The molecule has 0 atom stereocenters. The van der Waals surface area contributed by atoms with Gasteiger partial charge in [0.15, 0.2) is 23.1 Å². The van der Waals surface area contributed by atoms with E-state index in [9.17, 15) is 4.79 Å². The summed E-state index contributed by atoms with van der Waals surface area (Å²) in [7, 11) is 0. The van der Waals surface area contributed by atoms with E-state index in [-0.39, 0.29) is 11.5 Å².